The molecule has 6 nitrogen and oxygen atoms in total. The van der Waals surface area contributed by atoms with E-state index in [4.69, 9.17) is 0 Å². The molecule has 1 N–H and O–H groups in total. The fourth-order valence-electron chi connectivity index (χ4n) is 3.87. The zero-order chi connectivity index (χ0) is 19.8. The molecule has 0 spiro atoms. The molecule has 2 aromatic carbocycles. The number of anilines is 2. The highest BCUT2D eigenvalue weighted by Gasteiger charge is 2.20. The Balaban J connectivity index is 1.82. The number of amides is 1. The van der Waals surface area contributed by atoms with Crippen LogP contribution in [0, 0.1) is 3.57 Å². The summed E-state index contributed by atoms with van der Waals surface area (Å²) in [7, 11) is 3.55. The van der Waals surface area contributed by atoms with Crippen LogP contribution in [0.3, 0.4) is 0 Å². The number of aryl methyl sites for hydroxylation is 2. The van der Waals surface area contributed by atoms with E-state index >= 15 is 0 Å². The van der Waals surface area contributed by atoms with Crippen molar-refractivity contribution in [3.05, 3.63) is 56.0 Å². The molecule has 0 unspecified atom stereocenters. The molecule has 0 atom stereocenters. The van der Waals surface area contributed by atoms with Crippen LogP contribution in [0.4, 0.5) is 11.4 Å². The van der Waals surface area contributed by atoms with Gasteiger partial charge in [0.15, 0.2) is 0 Å². The standard InChI is InChI=1S/C21H23IN4O2/c1-24-18-12-16(23-20(27)14-8-4-5-9-15(14)22)17(26-10-6-3-7-11-26)13-19(18)25(2)21(24)28/h4-5,8-9,12-13H,3,6-7,10-11H2,1-2H3,(H,23,27). The molecule has 0 radical (unpaired) electrons. The number of benzene rings is 2. The van der Waals surface area contributed by atoms with Gasteiger partial charge in [0.25, 0.3) is 5.91 Å². The Morgan fingerprint density at radius 3 is 2.32 bits per heavy atom. The predicted molar refractivity (Wildman–Crippen MR) is 121 cm³/mol. The van der Waals surface area contributed by atoms with Crippen molar-refractivity contribution in [2.45, 2.75) is 19.3 Å². The molecule has 146 valence electrons. The molecule has 3 aromatic rings. The van der Waals surface area contributed by atoms with Gasteiger partial charge in [-0.15, -0.1) is 0 Å². The zero-order valence-corrected chi connectivity index (χ0v) is 18.2. The fourth-order valence-corrected chi connectivity index (χ4v) is 4.50. The number of carbonyl (C=O) groups excluding carboxylic acids is 1. The molecule has 1 fully saturated rings. The van der Waals surface area contributed by atoms with Crippen LogP contribution in [0.15, 0.2) is 41.2 Å². The van der Waals surface area contributed by atoms with Crippen LogP contribution in [0.2, 0.25) is 0 Å². The molecule has 1 aliphatic heterocycles. The second kappa shape index (κ2) is 7.62. The molecule has 1 saturated heterocycles. The normalized spacial score (nSPS) is 14.5. The molecule has 0 bridgehead atoms. The van der Waals surface area contributed by atoms with Crippen LogP contribution in [-0.2, 0) is 14.1 Å². The summed E-state index contributed by atoms with van der Waals surface area (Å²) in [6, 6.07) is 11.5. The highest BCUT2D eigenvalue weighted by atomic mass is 127. The van der Waals surface area contributed by atoms with Crippen molar-refractivity contribution >= 4 is 50.9 Å². The molecule has 7 heteroatoms. The summed E-state index contributed by atoms with van der Waals surface area (Å²) < 4.78 is 4.19. The first kappa shape index (κ1) is 19.0. The first-order chi connectivity index (χ1) is 13.5. The average molecular weight is 490 g/mol. The zero-order valence-electron chi connectivity index (χ0n) is 16.0. The monoisotopic (exact) mass is 490 g/mol. The SMILES string of the molecule is Cn1c(=O)n(C)c2cc(N3CCCCC3)c(NC(=O)c3ccccc3I)cc21. The van der Waals surface area contributed by atoms with Crippen molar-refractivity contribution < 1.29 is 4.79 Å². The van der Waals surface area contributed by atoms with Crippen LogP contribution in [0.5, 0.6) is 0 Å². The van der Waals surface area contributed by atoms with Crippen molar-refractivity contribution in [1.82, 2.24) is 9.13 Å². The summed E-state index contributed by atoms with van der Waals surface area (Å²) in [6.45, 7) is 1.91. The van der Waals surface area contributed by atoms with Crippen molar-refractivity contribution in [3.63, 3.8) is 0 Å². The van der Waals surface area contributed by atoms with Crippen molar-refractivity contribution in [2.75, 3.05) is 23.3 Å². The minimum atomic E-state index is -0.136. The van der Waals surface area contributed by atoms with E-state index in [1.165, 1.54) is 6.42 Å². The van der Waals surface area contributed by atoms with Gasteiger partial charge in [-0.2, -0.15) is 0 Å². The van der Waals surface area contributed by atoms with E-state index in [1.807, 2.05) is 36.4 Å². The molecular formula is C21H23IN4O2. The Morgan fingerprint density at radius 2 is 1.64 bits per heavy atom. The maximum Gasteiger partial charge on any atom is 0.328 e. The number of aromatic nitrogens is 2. The number of carbonyl (C=O) groups is 1. The second-order valence-electron chi connectivity index (χ2n) is 7.24. The average Bonchev–Trinajstić information content (AvgIpc) is 2.92. The molecule has 4 rings (SSSR count). The van der Waals surface area contributed by atoms with Gasteiger partial charge >= 0.3 is 5.69 Å². The number of rotatable bonds is 3. The third-order valence-electron chi connectivity index (χ3n) is 5.45. The Labute approximate surface area is 177 Å². The number of hydrogen-bond acceptors (Lipinski definition) is 3. The van der Waals surface area contributed by atoms with Gasteiger partial charge in [-0.05, 0) is 66.1 Å². The number of nitrogens with one attached hydrogen (secondary N) is 1. The third kappa shape index (κ3) is 3.32. The first-order valence-corrected chi connectivity index (χ1v) is 10.6. The number of imidazole rings is 1. The quantitative estimate of drug-likeness (QED) is 0.570. The van der Waals surface area contributed by atoms with Gasteiger partial charge in [0.1, 0.15) is 0 Å². The van der Waals surface area contributed by atoms with E-state index in [9.17, 15) is 9.59 Å². The van der Waals surface area contributed by atoms with Crippen LogP contribution < -0.4 is 15.9 Å². The van der Waals surface area contributed by atoms with E-state index in [0.29, 0.717) is 5.56 Å². The highest BCUT2D eigenvalue weighted by Crippen LogP contribution is 2.33. The van der Waals surface area contributed by atoms with Gasteiger partial charge in [-0.25, -0.2) is 4.79 Å². The molecule has 0 saturated carbocycles. The second-order valence-corrected chi connectivity index (χ2v) is 8.40. The lowest BCUT2D eigenvalue weighted by atomic mass is 10.1. The van der Waals surface area contributed by atoms with Crippen molar-refractivity contribution in [1.29, 1.82) is 0 Å². The minimum absolute atomic E-state index is 0.0688. The van der Waals surface area contributed by atoms with Crippen LogP contribution >= 0.6 is 22.6 Å². The Kier molecular flexibility index (Phi) is 5.18. The number of nitrogens with zero attached hydrogens (tertiary/aromatic N) is 3. The number of halogens is 1. The summed E-state index contributed by atoms with van der Waals surface area (Å²) in [5.41, 5.74) is 4.00. The summed E-state index contributed by atoms with van der Waals surface area (Å²) in [5.74, 6) is -0.136. The Bertz CT molecular complexity index is 1110. The summed E-state index contributed by atoms with van der Waals surface area (Å²) in [4.78, 5) is 27.7. The van der Waals surface area contributed by atoms with Crippen LogP contribution in [0.1, 0.15) is 29.6 Å². The topological polar surface area (TPSA) is 59.3 Å². The number of hydrogen-bond donors (Lipinski definition) is 1. The molecule has 0 aliphatic carbocycles. The molecule has 2 heterocycles. The lowest BCUT2D eigenvalue weighted by Crippen LogP contribution is -2.30. The Morgan fingerprint density at radius 1 is 1.00 bits per heavy atom. The maximum atomic E-state index is 13.0. The molecule has 28 heavy (non-hydrogen) atoms. The molecule has 1 amide bonds. The van der Waals surface area contributed by atoms with E-state index in [1.54, 1.807) is 23.2 Å². The maximum absolute atomic E-state index is 13.0. The summed E-state index contributed by atoms with van der Waals surface area (Å²) >= 11 is 2.18. The smallest absolute Gasteiger partial charge is 0.328 e. The first-order valence-electron chi connectivity index (χ1n) is 9.47. The predicted octanol–water partition coefficient (Wildman–Crippen LogP) is 3.72. The third-order valence-corrected chi connectivity index (χ3v) is 6.39. The molecule has 1 aliphatic rings. The van der Waals surface area contributed by atoms with Crippen molar-refractivity contribution in [2.24, 2.45) is 14.1 Å². The van der Waals surface area contributed by atoms with E-state index < -0.39 is 0 Å². The van der Waals surface area contributed by atoms with Crippen molar-refractivity contribution in [3.8, 4) is 0 Å². The Hall–Kier alpha value is -2.29. The summed E-state index contributed by atoms with van der Waals surface area (Å²) in [6.07, 6.45) is 3.50. The minimum Gasteiger partial charge on any atom is -0.370 e. The van der Waals surface area contributed by atoms with Crippen LogP contribution in [0.25, 0.3) is 11.0 Å². The van der Waals surface area contributed by atoms with Gasteiger partial charge in [0, 0.05) is 30.8 Å². The van der Waals surface area contributed by atoms with E-state index in [2.05, 4.69) is 32.8 Å². The number of fused-ring (bicyclic) bond motifs is 1. The van der Waals surface area contributed by atoms with Gasteiger partial charge in [-0.1, -0.05) is 12.1 Å². The van der Waals surface area contributed by atoms with E-state index in [-0.39, 0.29) is 11.6 Å². The fraction of sp³-hybridized carbons (Fsp3) is 0.333. The molecular weight excluding hydrogens is 467 g/mol. The van der Waals surface area contributed by atoms with Gasteiger partial charge in [0.2, 0.25) is 0 Å². The largest absolute Gasteiger partial charge is 0.370 e. The molecule has 1 aromatic heterocycles. The number of piperidine rings is 1. The van der Waals surface area contributed by atoms with Gasteiger partial charge in [-0.3, -0.25) is 13.9 Å². The highest BCUT2D eigenvalue weighted by molar-refractivity contribution is 14.1. The van der Waals surface area contributed by atoms with Crippen LogP contribution in [-0.4, -0.2) is 28.1 Å². The van der Waals surface area contributed by atoms with Gasteiger partial charge in [0.05, 0.1) is 28.0 Å². The van der Waals surface area contributed by atoms with E-state index in [0.717, 1.165) is 51.9 Å². The lowest BCUT2D eigenvalue weighted by molar-refractivity contribution is 0.102. The van der Waals surface area contributed by atoms with Gasteiger partial charge < -0.3 is 10.2 Å². The lowest BCUT2D eigenvalue weighted by Gasteiger charge is -2.30. The summed E-state index contributed by atoms with van der Waals surface area (Å²) in [5, 5.41) is 3.10.